The van der Waals surface area contributed by atoms with Gasteiger partial charge in [0.25, 0.3) is 5.56 Å². The molecule has 0 saturated carbocycles. The molecule has 182 valence electrons. The number of nitrogens with zero attached hydrogens (tertiary/aromatic N) is 3. The second-order valence-electron chi connectivity index (χ2n) is 7.78. The summed E-state index contributed by atoms with van der Waals surface area (Å²) in [6, 6.07) is 15.7. The van der Waals surface area contributed by atoms with Crippen LogP contribution in [0.15, 0.2) is 96.4 Å². The standard InChI is InChI=1S/C26H20ClN3O4S2/c1-3-33-25(32)22-15(2)29-26-30(23(22)16-7-9-17(27)10-8-16)24(31)19(35-26)14-18-11-12-21(34-18)36-20-6-4-5-13-28-20/h4-14,23H,3H2,1-2H3/b19-14-/t23-/m0/s1. The van der Waals surface area contributed by atoms with Crippen LogP contribution >= 0.6 is 34.7 Å². The predicted octanol–water partition coefficient (Wildman–Crippen LogP) is 4.59. The van der Waals surface area contributed by atoms with Crippen LogP contribution < -0.4 is 14.9 Å². The van der Waals surface area contributed by atoms with Gasteiger partial charge in [-0.1, -0.05) is 41.1 Å². The average molecular weight is 538 g/mol. The molecule has 0 saturated heterocycles. The molecule has 7 nitrogen and oxygen atoms in total. The number of carbonyl (C=O) groups excluding carboxylic acids is 1. The van der Waals surface area contributed by atoms with Crippen molar-refractivity contribution in [3.05, 3.63) is 108 Å². The molecule has 36 heavy (non-hydrogen) atoms. The second-order valence-corrected chi connectivity index (χ2v) is 10.3. The lowest BCUT2D eigenvalue weighted by Crippen LogP contribution is -2.39. The van der Waals surface area contributed by atoms with Gasteiger partial charge in [-0.2, -0.15) is 0 Å². The molecule has 0 fully saturated rings. The molecule has 1 aliphatic heterocycles. The molecule has 0 amide bonds. The maximum absolute atomic E-state index is 13.6. The quantitative estimate of drug-likeness (QED) is 0.334. The Labute approximate surface area is 219 Å². The Morgan fingerprint density at radius 2 is 2.03 bits per heavy atom. The third-order valence-electron chi connectivity index (χ3n) is 5.42. The summed E-state index contributed by atoms with van der Waals surface area (Å²) in [7, 11) is 0. The summed E-state index contributed by atoms with van der Waals surface area (Å²) in [4.78, 5) is 35.9. The van der Waals surface area contributed by atoms with E-state index in [-0.39, 0.29) is 12.2 Å². The first-order valence-corrected chi connectivity index (χ1v) is 13.1. The van der Waals surface area contributed by atoms with Crippen molar-refractivity contribution in [2.45, 2.75) is 30.0 Å². The first-order valence-electron chi connectivity index (χ1n) is 11.1. The van der Waals surface area contributed by atoms with Gasteiger partial charge in [0.15, 0.2) is 9.89 Å². The van der Waals surface area contributed by atoms with Crippen LogP contribution in [0.5, 0.6) is 0 Å². The molecule has 0 spiro atoms. The number of halogens is 1. The lowest BCUT2D eigenvalue weighted by atomic mass is 9.96. The Morgan fingerprint density at radius 3 is 2.75 bits per heavy atom. The summed E-state index contributed by atoms with van der Waals surface area (Å²) in [6.07, 6.45) is 3.41. The van der Waals surface area contributed by atoms with Crippen LogP contribution in [0.25, 0.3) is 6.08 Å². The Hall–Kier alpha value is -3.40. The predicted molar refractivity (Wildman–Crippen MR) is 139 cm³/mol. The van der Waals surface area contributed by atoms with Gasteiger partial charge in [-0.25, -0.2) is 14.8 Å². The summed E-state index contributed by atoms with van der Waals surface area (Å²) in [5.41, 5.74) is 1.29. The minimum Gasteiger partial charge on any atom is -0.463 e. The number of hydrogen-bond acceptors (Lipinski definition) is 8. The van der Waals surface area contributed by atoms with Crippen molar-refractivity contribution in [3.63, 3.8) is 0 Å². The molecule has 1 aliphatic rings. The smallest absolute Gasteiger partial charge is 0.338 e. The van der Waals surface area contributed by atoms with E-state index in [0.717, 1.165) is 10.6 Å². The van der Waals surface area contributed by atoms with Crippen LogP contribution in [-0.2, 0) is 9.53 Å². The summed E-state index contributed by atoms with van der Waals surface area (Å²) < 4.78 is 13.2. The van der Waals surface area contributed by atoms with E-state index < -0.39 is 12.0 Å². The van der Waals surface area contributed by atoms with Crippen molar-refractivity contribution in [1.29, 1.82) is 0 Å². The molecule has 1 aromatic carbocycles. The number of ether oxygens (including phenoxy) is 1. The van der Waals surface area contributed by atoms with Gasteiger partial charge in [-0.05, 0) is 67.6 Å². The summed E-state index contributed by atoms with van der Waals surface area (Å²) in [5, 5.41) is 2.02. The van der Waals surface area contributed by atoms with E-state index in [1.54, 1.807) is 56.5 Å². The van der Waals surface area contributed by atoms with Gasteiger partial charge in [0.1, 0.15) is 10.8 Å². The van der Waals surface area contributed by atoms with E-state index in [9.17, 15) is 9.59 Å². The van der Waals surface area contributed by atoms with Crippen molar-refractivity contribution in [2.24, 2.45) is 4.99 Å². The highest BCUT2D eigenvalue weighted by Gasteiger charge is 2.33. The number of carbonyl (C=O) groups is 1. The first kappa shape index (κ1) is 24.3. The Bertz CT molecular complexity index is 1640. The maximum atomic E-state index is 13.6. The zero-order chi connectivity index (χ0) is 25.2. The van der Waals surface area contributed by atoms with Gasteiger partial charge in [0, 0.05) is 17.3 Å². The molecule has 10 heteroatoms. The summed E-state index contributed by atoms with van der Waals surface area (Å²) in [5.74, 6) is 0.0262. The van der Waals surface area contributed by atoms with Gasteiger partial charge in [0.2, 0.25) is 0 Å². The molecule has 4 heterocycles. The third-order valence-corrected chi connectivity index (χ3v) is 7.53. The molecule has 4 aromatic rings. The number of esters is 1. The number of allylic oxidation sites excluding steroid dienone is 1. The van der Waals surface area contributed by atoms with Crippen molar-refractivity contribution in [3.8, 4) is 0 Å². The normalized spacial score (nSPS) is 15.5. The van der Waals surface area contributed by atoms with E-state index in [1.807, 2.05) is 24.3 Å². The molecule has 0 bridgehead atoms. The van der Waals surface area contributed by atoms with Crippen molar-refractivity contribution in [1.82, 2.24) is 9.55 Å². The molecule has 5 rings (SSSR count). The van der Waals surface area contributed by atoms with Gasteiger partial charge in [-0.15, -0.1) is 0 Å². The van der Waals surface area contributed by atoms with Gasteiger partial charge < -0.3 is 9.15 Å². The minimum atomic E-state index is -0.688. The van der Waals surface area contributed by atoms with E-state index >= 15 is 0 Å². The largest absolute Gasteiger partial charge is 0.463 e. The fourth-order valence-corrected chi connectivity index (χ4v) is 5.75. The highest BCUT2D eigenvalue weighted by molar-refractivity contribution is 7.99. The molecule has 0 aliphatic carbocycles. The number of hydrogen-bond donors (Lipinski definition) is 0. The molecule has 0 N–H and O–H groups in total. The van der Waals surface area contributed by atoms with Crippen LogP contribution in [-0.4, -0.2) is 22.1 Å². The van der Waals surface area contributed by atoms with Crippen molar-refractivity contribution < 1.29 is 13.9 Å². The number of pyridine rings is 1. The number of benzene rings is 1. The second kappa shape index (κ2) is 10.3. The highest BCUT2D eigenvalue weighted by atomic mass is 35.5. The summed E-state index contributed by atoms with van der Waals surface area (Å²) >= 11 is 8.73. The Morgan fingerprint density at radius 1 is 1.22 bits per heavy atom. The van der Waals surface area contributed by atoms with Gasteiger partial charge >= 0.3 is 5.97 Å². The van der Waals surface area contributed by atoms with Crippen LogP contribution in [0.3, 0.4) is 0 Å². The van der Waals surface area contributed by atoms with Crippen molar-refractivity contribution in [2.75, 3.05) is 6.61 Å². The topological polar surface area (TPSA) is 86.7 Å². The summed E-state index contributed by atoms with van der Waals surface area (Å²) in [6.45, 7) is 3.70. The monoisotopic (exact) mass is 537 g/mol. The Kier molecular flexibility index (Phi) is 6.95. The molecular weight excluding hydrogens is 518 g/mol. The fourth-order valence-electron chi connectivity index (χ4n) is 3.86. The zero-order valence-electron chi connectivity index (χ0n) is 19.3. The van der Waals surface area contributed by atoms with E-state index in [0.29, 0.717) is 36.5 Å². The SMILES string of the molecule is CCOC(=O)C1=C(C)N=c2s/c(=C\c3ccc(Sc4ccccn4)o3)c(=O)n2[C@H]1c1ccc(Cl)cc1. The number of thiazole rings is 1. The third kappa shape index (κ3) is 4.82. The highest BCUT2D eigenvalue weighted by Crippen LogP contribution is 2.31. The molecule has 3 aromatic heterocycles. The Balaban J connectivity index is 1.59. The molecule has 0 radical (unpaired) electrons. The minimum absolute atomic E-state index is 0.213. The molecule has 1 atom stereocenters. The number of furan rings is 1. The molecule has 0 unspecified atom stereocenters. The van der Waals surface area contributed by atoms with Crippen LogP contribution in [0.4, 0.5) is 0 Å². The average Bonchev–Trinajstić information content (AvgIpc) is 3.43. The van der Waals surface area contributed by atoms with E-state index in [4.69, 9.17) is 20.8 Å². The molecular formula is C26H20ClN3O4S2. The first-order chi connectivity index (χ1) is 17.4. The van der Waals surface area contributed by atoms with Gasteiger partial charge in [-0.3, -0.25) is 9.36 Å². The maximum Gasteiger partial charge on any atom is 0.338 e. The lowest BCUT2D eigenvalue weighted by molar-refractivity contribution is -0.139. The number of aromatic nitrogens is 2. The van der Waals surface area contributed by atoms with Crippen molar-refractivity contribution >= 4 is 46.7 Å². The number of rotatable bonds is 6. The zero-order valence-corrected chi connectivity index (χ0v) is 21.7. The fraction of sp³-hybridized carbons (Fsp3) is 0.154. The van der Waals surface area contributed by atoms with Gasteiger partial charge in [0.05, 0.1) is 28.5 Å². The van der Waals surface area contributed by atoms with E-state index in [2.05, 4.69) is 9.98 Å². The van der Waals surface area contributed by atoms with Crippen LogP contribution in [0, 0.1) is 0 Å². The lowest BCUT2D eigenvalue weighted by Gasteiger charge is -2.24. The van der Waals surface area contributed by atoms with E-state index in [1.165, 1.54) is 27.7 Å². The van der Waals surface area contributed by atoms with Crippen LogP contribution in [0.2, 0.25) is 5.02 Å². The van der Waals surface area contributed by atoms with Crippen LogP contribution in [0.1, 0.15) is 31.2 Å². The number of fused-ring (bicyclic) bond motifs is 1.